The molecule has 1 aliphatic rings. The first-order valence-corrected chi connectivity index (χ1v) is 8.56. The van der Waals surface area contributed by atoms with Gasteiger partial charge < -0.3 is 10.1 Å². The highest BCUT2D eigenvalue weighted by Crippen LogP contribution is 2.31. The zero-order valence-electron chi connectivity index (χ0n) is 13.5. The third kappa shape index (κ3) is 7.31. The van der Waals surface area contributed by atoms with Crippen molar-refractivity contribution in [3.63, 3.8) is 0 Å². The van der Waals surface area contributed by atoms with Crippen molar-refractivity contribution < 1.29 is 4.74 Å². The molecule has 114 valence electrons. The van der Waals surface area contributed by atoms with Crippen molar-refractivity contribution in [2.24, 2.45) is 0 Å². The highest BCUT2D eigenvalue weighted by molar-refractivity contribution is 4.87. The van der Waals surface area contributed by atoms with Crippen molar-refractivity contribution in [3.05, 3.63) is 0 Å². The first-order valence-electron chi connectivity index (χ1n) is 8.56. The zero-order valence-corrected chi connectivity index (χ0v) is 13.5. The van der Waals surface area contributed by atoms with Gasteiger partial charge in [0, 0.05) is 19.2 Å². The lowest BCUT2D eigenvalue weighted by molar-refractivity contribution is -0.0705. The second kappa shape index (κ2) is 9.77. The Morgan fingerprint density at radius 2 is 1.68 bits per heavy atom. The summed E-state index contributed by atoms with van der Waals surface area (Å²) in [5.74, 6) is 0. The predicted molar refractivity (Wildman–Crippen MR) is 83.7 cm³/mol. The molecule has 19 heavy (non-hydrogen) atoms. The van der Waals surface area contributed by atoms with Gasteiger partial charge in [-0.1, -0.05) is 65.7 Å². The van der Waals surface area contributed by atoms with E-state index in [0.29, 0.717) is 6.04 Å². The second-order valence-corrected chi connectivity index (χ2v) is 6.54. The van der Waals surface area contributed by atoms with Crippen LogP contribution in [0.4, 0.5) is 0 Å². The summed E-state index contributed by atoms with van der Waals surface area (Å²) in [6, 6.07) is 0.562. The maximum atomic E-state index is 6.34. The van der Waals surface area contributed by atoms with Gasteiger partial charge in [-0.05, 0) is 19.3 Å². The van der Waals surface area contributed by atoms with Crippen molar-refractivity contribution in [3.8, 4) is 0 Å². The molecule has 0 atom stereocenters. The van der Waals surface area contributed by atoms with Crippen LogP contribution in [0.25, 0.3) is 0 Å². The van der Waals surface area contributed by atoms with Gasteiger partial charge in [0.25, 0.3) is 0 Å². The Hall–Kier alpha value is -0.0800. The highest BCUT2D eigenvalue weighted by Gasteiger charge is 2.32. The van der Waals surface area contributed by atoms with Crippen LogP contribution in [-0.4, -0.2) is 24.8 Å². The third-order valence-electron chi connectivity index (χ3n) is 4.25. The quantitative estimate of drug-likeness (QED) is 0.582. The van der Waals surface area contributed by atoms with E-state index >= 15 is 0 Å². The smallest absolute Gasteiger partial charge is 0.0806 e. The van der Waals surface area contributed by atoms with Gasteiger partial charge in [0.1, 0.15) is 0 Å². The number of ether oxygens (including phenoxy) is 1. The summed E-state index contributed by atoms with van der Waals surface area (Å²) in [6.07, 6.45) is 13.2. The van der Waals surface area contributed by atoms with Crippen LogP contribution >= 0.6 is 0 Å². The topological polar surface area (TPSA) is 21.3 Å². The van der Waals surface area contributed by atoms with Crippen molar-refractivity contribution >= 4 is 0 Å². The standard InChI is InChI=1S/C17H35NO/c1-4-5-6-7-11-14-19-17(15-18-16(2)3)12-9-8-10-13-17/h16,18H,4-15H2,1-3H3. The van der Waals surface area contributed by atoms with E-state index in [1.54, 1.807) is 0 Å². The number of hydrogen-bond donors (Lipinski definition) is 1. The lowest BCUT2D eigenvalue weighted by Gasteiger charge is -2.38. The molecule has 2 heteroatoms. The average molecular weight is 269 g/mol. The van der Waals surface area contributed by atoms with Crippen LogP contribution in [0.5, 0.6) is 0 Å². The van der Waals surface area contributed by atoms with Gasteiger partial charge in [-0.3, -0.25) is 0 Å². The summed E-state index contributed by atoms with van der Waals surface area (Å²) in [5.41, 5.74) is 0.146. The third-order valence-corrected chi connectivity index (χ3v) is 4.25. The number of unbranched alkanes of at least 4 members (excludes halogenated alkanes) is 4. The molecule has 1 N–H and O–H groups in total. The molecule has 0 heterocycles. The van der Waals surface area contributed by atoms with Crippen molar-refractivity contribution in [2.45, 2.75) is 96.6 Å². The molecule has 1 rings (SSSR count). The van der Waals surface area contributed by atoms with E-state index in [1.807, 2.05) is 0 Å². The van der Waals surface area contributed by atoms with E-state index in [-0.39, 0.29) is 5.60 Å². The molecule has 0 spiro atoms. The fraction of sp³-hybridized carbons (Fsp3) is 1.00. The van der Waals surface area contributed by atoms with Crippen LogP contribution < -0.4 is 5.32 Å². The minimum absolute atomic E-state index is 0.146. The fourth-order valence-corrected chi connectivity index (χ4v) is 2.95. The molecule has 2 nitrogen and oxygen atoms in total. The Kier molecular flexibility index (Phi) is 8.72. The van der Waals surface area contributed by atoms with Crippen LogP contribution in [0.2, 0.25) is 0 Å². The Labute approximate surface area is 120 Å². The van der Waals surface area contributed by atoms with E-state index in [9.17, 15) is 0 Å². The predicted octanol–water partition coefficient (Wildman–Crippen LogP) is 4.67. The van der Waals surface area contributed by atoms with E-state index in [2.05, 4.69) is 26.1 Å². The van der Waals surface area contributed by atoms with Gasteiger partial charge in [0.05, 0.1) is 5.60 Å². The molecule has 1 aliphatic carbocycles. The molecule has 0 radical (unpaired) electrons. The van der Waals surface area contributed by atoms with Crippen LogP contribution in [0.1, 0.15) is 85.0 Å². The normalized spacial score (nSPS) is 18.9. The summed E-state index contributed by atoms with van der Waals surface area (Å²) in [6.45, 7) is 8.72. The molecule has 0 unspecified atom stereocenters. The first kappa shape index (κ1) is 17.0. The van der Waals surface area contributed by atoms with E-state index < -0.39 is 0 Å². The average Bonchev–Trinajstić information content (AvgIpc) is 2.42. The molecule has 0 aromatic heterocycles. The Morgan fingerprint density at radius 3 is 2.32 bits per heavy atom. The summed E-state index contributed by atoms with van der Waals surface area (Å²) >= 11 is 0. The van der Waals surface area contributed by atoms with Crippen LogP contribution in [0, 0.1) is 0 Å². The molecule has 0 saturated heterocycles. The minimum Gasteiger partial charge on any atom is -0.374 e. The van der Waals surface area contributed by atoms with Crippen LogP contribution in [0.3, 0.4) is 0 Å². The minimum atomic E-state index is 0.146. The molecule has 0 aliphatic heterocycles. The molecule has 1 fully saturated rings. The Morgan fingerprint density at radius 1 is 1.00 bits per heavy atom. The van der Waals surface area contributed by atoms with Gasteiger partial charge in [-0.15, -0.1) is 0 Å². The largest absolute Gasteiger partial charge is 0.374 e. The van der Waals surface area contributed by atoms with Crippen LogP contribution in [-0.2, 0) is 4.74 Å². The maximum Gasteiger partial charge on any atom is 0.0806 e. The molecular weight excluding hydrogens is 234 g/mol. The first-order chi connectivity index (χ1) is 9.18. The molecule has 0 aromatic carbocycles. The van der Waals surface area contributed by atoms with Crippen molar-refractivity contribution in [1.29, 1.82) is 0 Å². The van der Waals surface area contributed by atoms with Gasteiger partial charge in [0.15, 0.2) is 0 Å². The maximum absolute atomic E-state index is 6.34. The van der Waals surface area contributed by atoms with Gasteiger partial charge >= 0.3 is 0 Å². The molecule has 0 bridgehead atoms. The fourth-order valence-electron chi connectivity index (χ4n) is 2.95. The lowest BCUT2D eigenvalue weighted by atomic mass is 9.84. The van der Waals surface area contributed by atoms with Crippen molar-refractivity contribution in [2.75, 3.05) is 13.2 Å². The molecular formula is C17H35NO. The number of nitrogens with one attached hydrogen (secondary N) is 1. The lowest BCUT2D eigenvalue weighted by Crippen LogP contribution is -2.46. The zero-order chi connectivity index (χ0) is 14.0. The summed E-state index contributed by atoms with van der Waals surface area (Å²) in [4.78, 5) is 0. The van der Waals surface area contributed by atoms with E-state index in [0.717, 1.165) is 13.2 Å². The molecule has 1 saturated carbocycles. The SMILES string of the molecule is CCCCCCCOC1(CNC(C)C)CCCCC1. The van der Waals surface area contributed by atoms with E-state index in [1.165, 1.54) is 64.2 Å². The van der Waals surface area contributed by atoms with E-state index in [4.69, 9.17) is 4.74 Å². The second-order valence-electron chi connectivity index (χ2n) is 6.54. The van der Waals surface area contributed by atoms with Gasteiger partial charge in [-0.25, -0.2) is 0 Å². The number of rotatable bonds is 10. The highest BCUT2D eigenvalue weighted by atomic mass is 16.5. The number of hydrogen-bond acceptors (Lipinski definition) is 2. The monoisotopic (exact) mass is 269 g/mol. The summed E-state index contributed by atoms with van der Waals surface area (Å²) in [7, 11) is 0. The van der Waals surface area contributed by atoms with Crippen molar-refractivity contribution in [1.82, 2.24) is 5.32 Å². The summed E-state index contributed by atoms with van der Waals surface area (Å²) in [5, 5.41) is 3.59. The molecule has 0 aromatic rings. The van der Waals surface area contributed by atoms with Gasteiger partial charge in [-0.2, -0.15) is 0 Å². The van der Waals surface area contributed by atoms with Crippen LogP contribution in [0.15, 0.2) is 0 Å². The Balaban J connectivity index is 2.24. The molecule has 0 amide bonds. The Bertz CT molecular complexity index is 209. The van der Waals surface area contributed by atoms with Gasteiger partial charge in [0.2, 0.25) is 0 Å². The summed E-state index contributed by atoms with van der Waals surface area (Å²) < 4.78 is 6.34.